The van der Waals surface area contributed by atoms with Crippen LogP contribution in [-0.4, -0.2) is 38.0 Å². The van der Waals surface area contributed by atoms with Gasteiger partial charge in [-0.2, -0.15) is 13.2 Å². The number of ether oxygens (including phenoxy) is 2. The third-order valence-electron chi connectivity index (χ3n) is 4.72. The number of hydrogen-bond acceptors (Lipinski definition) is 5. The largest absolute Gasteiger partial charge is 0.417 e. The average Bonchev–Trinajstić information content (AvgIpc) is 2.59. The summed E-state index contributed by atoms with van der Waals surface area (Å²) in [6.45, 7) is 0.0879. The molecule has 0 fully saturated rings. The molecule has 0 bridgehead atoms. The van der Waals surface area contributed by atoms with Crippen LogP contribution in [0.3, 0.4) is 0 Å². The summed E-state index contributed by atoms with van der Waals surface area (Å²) in [6.07, 6.45) is -4.47. The molecule has 3 aliphatic heterocycles. The topological polar surface area (TPSA) is 64.6 Å². The molecular formula is C18H13F3INO4. The van der Waals surface area contributed by atoms with Gasteiger partial charge in [-0.3, -0.25) is 9.59 Å². The van der Waals surface area contributed by atoms with Crippen molar-refractivity contribution in [2.24, 2.45) is 0 Å². The Morgan fingerprint density at radius 3 is 2.00 bits per heavy atom. The number of carbonyl (C=O) groups is 2. The van der Waals surface area contributed by atoms with E-state index in [9.17, 15) is 22.8 Å². The van der Waals surface area contributed by atoms with Crippen LogP contribution in [0.2, 0.25) is 0 Å². The number of rotatable bonds is 1. The van der Waals surface area contributed by atoms with Crippen LogP contribution in [0.5, 0.6) is 0 Å². The van der Waals surface area contributed by atoms with E-state index in [4.69, 9.17) is 9.47 Å². The van der Waals surface area contributed by atoms with Crippen molar-refractivity contribution < 1.29 is 32.2 Å². The molecular weight excluding hydrogens is 478 g/mol. The van der Waals surface area contributed by atoms with E-state index in [-0.39, 0.29) is 41.6 Å². The van der Waals surface area contributed by atoms with Crippen molar-refractivity contribution in [1.29, 1.82) is 0 Å². The van der Waals surface area contributed by atoms with Crippen molar-refractivity contribution in [2.45, 2.75) is 12.1 Å². The van der Waals surface area contributed by atoms with Crippen LogP contribution in [0.4, 0.5) is 13.2 Å². The highest BCUT2D eigenvalue weighted by molar-refractivity contribution is 14.1. The fourth-order valence-corrected chi connectivity index (χ4v) is 4.46. The van der Waals surface area contributed by atoms with Crippen LogP contribution < -0.4 is 5.32 Å². The predicted octanol–water partition coefficient (Wildman–Crippen LogP) is 2.70. The van der Waals surface area contributed by atoms with Crippen LogP contribution in [-0.2, 0) is 25.2 Å². The number of Topliss-reactive ketones (excluding diaryl/α,β-unsaturated/α-hetero) is 2. The Balaban J connectivity index is 1.88. The van der Waals surface area contributed by atoms with E-state index in [1.165, 1.54) is 12.1 Å². The Bertz CT molecular complexity index is 878. The summed E-state index contributed by atoms with van der Waals surface area (Å²) in [7, 11) is 0. The molecule has 3 aliphatic rings. The summed E-state index contributed by atoms with van der Waals surface area (Å²) >= 11 is 1.63. The van der Waals surface area contributed by atoms with Gasteiger partial charge in [0.15, 0.2) is 11.6 Å². The second kappa shape index (κ2) is 6.71. The van der Waals surface area contributed by atoms with Crippen LogP contribution in [0, 0.1) is 3.57 Å². The van der Waals surface area contributed by atoms with E-state index in [0.717, 1.165) is 6.07 Å². The third kappa shape index (κ3) is 3.21. The van der Waals surface area contributed by atoms with E-state index in [2.05, 4.69) is 5.32 Å². The number of carbonyl (C=O) groups excluding carboxylic acids is 2. The maximum atomic E-state index is 13.1. The number of ketones is 2. The van der Waals surface area contributed by atoms with Crippen LogP contribution in [0.1, 0.15) is 17.0 Å². The van der Waals surface area contributed by atoms with Gasteiger partial charge in [-0.15, -0.1) is 0 Å². The molecule has 0 aliphatic carbocycles. The minimum Gasteiger partial charge on any atom is -0.367 e. The van der Waals surface area contributed by atoms with Gasteiger partial charge in [0.05, 0.1) is 18.8 Å². The molecule has 5 nitrogen and oxygen atoms in total. The van der Waals surface area contributed by atoms with Crippen molar-refractivity contribution in [3.8, 4) is 0 Å². The lowest BCUT2D eigenvalue weighted by atomic mass is 9.76. The number of hydrogen-bond donors (Lipinski definition) is 1. The summed E-state index contributed by atoms with van der Waals surface area (Å²) < 4.78 is 49.9. The molecule has 27 heavy (non-hydrogen) atoms. The molecule has 1 N–H and O–H groups in total. The summed E-state index contributed by atoms with van der Waals surface area (Å²) in [5, 5.41) is 3.05. The van der Waals surface area contributed by atoms with Crippen molar-refractivity contribution in [1.82, 2.24) is 5.32 Å². The molecule has 3 heterocycles. The Morgan fingerprint density at radius 1 is 0.963 bits per heavy atom. The van der Waals surface area contributed by atoms with Crippen LogP contribution in [0.15, 0.2) is 40.7 Å². The first kappa shape index (κ1) is 18.6. The Hall–Kier alpha value is -1.72. The molecule has 0 spiro atoms. The highest BCUT2D eigenvalue weighted by atomic mass is 127. The van der Waals surface area contributed by atoms with Crippen molar-refractivity contribution >= 4 is 34.2 Å². The standard InChI is InChI=1S/C18H13F3INO4/c19-18(20,21)9-2-1-8(3-10(9)22)15-16-11(4-26-6-13(16)24)23-12-5-27-7-14(25)17(12)15/h1-3,15,23H,4-7H2. The van der Waals surface area contributed by atoms with E-state index < -0.39 is 17.7 Å². The SMILES string of the molecule is O=C1COCC2=C1C(c1ccc(C(F)(F)F)c(I)c1)C1=C(COCC1=O)N2. The lowest BCUT2D eigenvalue weighted by Gasteiger charge is -2.37. The van der Waals surface area contributed by atoms with Gasteiger partial charge in [-0.25, -0.2) is 0 Å². The normalized spacial score (nSPS) is 21.2. The number of nitrogens with one attached hydrogen (secondary N) is 1. The Kier molecular flexibility index (Phi) is 4.63. The molecule has 1 aromatic rings. The first-order chi connectivity index (χ1) is 12.8. The predicted molar refractivity (Wildman–Crippen MR) is 95.7 cm³/mol. The van der Waals surface area contributed by atoms with Gasteiger partial charge >= 0.3 is 6.18 Å². The molecule has 9 heteroatoms. The minimum absolute atomic E-state index is 0.0134. The maximum absolute atomic E-state index is 13.1. The molecule has 0 amide bonds. The second-order valence-electron chi connectivity index (χ2n) is 6.41. The smallest absolute Gasteiger partial charge is 0.367 e. The number of dihydropyridines is 1. The quantitative estimate of drug-likeness (QED) is 0.613. The third-order valence-corrected chi connectivity index (χ3v) is 5.61. The zero-order valence-electron chi connectivity index (χ0n) is 13.8. The van der Waals surface area contributed by atoms with Crippen LogP contribution in [0.25, 0.3) is 0 Å². The fourth-order valence-electron chi connectivity index (χ4n) is 3.62. The van der Waals surface area contributed by atoms with Gasteiger partial charge in [0.2, 0.25) is 0 Å². The summed E-state index contributed by atoms with van der Waals surface area (Å²) in [6, 6.07) is 3.72. The molecule has 1 aromatic carbocycles. The number of alkyl halides is 3. The number of benzene rings is 1. The Morgan fingerprint density at radius 2 is 1.52 bits per heavy atom. The van der Waals surface area contributed by atoms with E-state index in [1.54, 1.807) is 22.6 Å². The van der Waals surface area contributed by atoms with Gasteiger partial charge in [-0.1, -0.05) is 6.07 Å². The van der Waals surface area contributed by atoms with Crippen molar-refractivity contribution in [3.05, 3.63) is 55.4 Å². The Labute approximate surface area is 165 Å². The van der Waals surface area contributed by atoms with Gasteiger partial charge in [0, 0.05) is 32.0 Å². The van der Waals surface area contributed by atoms with Gasteiger partial charge in [-0.05, 0) is 40.3 Å². The van der Waals surface area contributed by atoms with Gasteiger partial charge in [0.1, 0.15) is 13.2 Å². The molecule has 4 rings (SSSR count). The van der Waals surface area contributed by atoms with Gasteiger partial charge < -0.3 is 14.8 Å². The first-order valence-corrected chi connectivity index (χ1v) is 9.17. The monoisotopic (exact) mass is 491 g/mol. The zero-order chi connectivity index (χ0) is 19.3. The molecule has 0 saturated heterocycles. The van der Waals surface area contributed by atoms with Crippen molar-refractivity contribution in [2.75, 3.05) is 26.4 Å². The molecule has 0 radical (unpaired) electrons. The highest BCUT2D eigenvalue weighted by Gasteiger charge is 2.41. The molecule has 0 aromatic heterocycles. The fraction of sp³-hybridized carbons (Fsp3) is 0.333. The molecule has 142 valence electrons. The number of halogens is 4. The second-order valence-corrected chi connectivity index (χ2v) is 7.57. The van der Waals surface area contributed by atoms with E-state index >= 15 is 0 Å². The van der Waals surface area contributed by atoms with E-state index in [0.29, 0.717) is 28.1 Å². The molecule has 0 atom stereocenters. The lowest BCUT2D eigenvalue weighted by molar-refractivity contribution is -0.138. The van der Waals surface area contributed by atoms with Crippen LogP contribution >= 0.6 is 22.6 Å². The highest BCUT2D eigenvalue weighted by Crippen LogP contribution is 2.43. The summed E-state index contributed by atoms with van der Waals surface area (Å²) in [5.41, 5.74) is 1.54. The lowest BCUT2D eigenvalue weighted by Crippen LogP contribution is -2.42. The van der Waals surface area contributed by atoms with E-state index in [1.807, 2.05) is 0 Å². The minimum atomic E-state index is -4.47. The average molecular weight is 491 g/mol. The molecule has 0 unspecified atom stereocenters. The van der Waals surface area contributed by atoms with Crippen molar-refractivity contribution in [3.63, 3.8) is 0 Å². The maximum Gasteiger partial charge on any atom is 0.417 e. The summed E-state index contributed by atoms with van der Waals surface area (Å²) in [4.78, 5) is 25.1. The molecule has 0 saturated carbocycles. The first-order valence-electron chi connectivity index (χ1n) is 8.09. The zero-order valence-corrected chi connectivity index (χ0v) is 15.9. The summed E-state index contributed by atoms with van der Waals surface area (Å²) in [5.74, 6) is -1.29. The van der Waals surface area contributed by atoms with Gasteiger partial charge in [0.25, 0.3) is 0 Å².